The average Bonchev–Trinajstić information content (AvgIpc) is 3.44. The molecule has 1 atom stereocenters. The molecule has 0 saturated carbocycles. The van der Waals surface area contributed by atoms with Crippen LogP contribution in [0, 0.1) is 13.8 Å². The number of benzene rings is 3. The zero-order chi connectivity index (χ0) is 25.1. The van der Waals surface area contributed by atoms with Gasteiger partial charge in [0.05, 0.1) is 29.9 Å². The van der Waals surface area contributed by atoms with Crippen molar-refractivity contribution in [3.63, 3.8) is 0 Å². The molecule has 1 aromatic heterocycles. The van der Waals surface area contributed by atoms with E-state index in [1.54, 1.807) is 0 Å². The van der Waals surface area contributed by atoms with Gasteiger partial charge in [0.25, 0.3) is 0 Å². The van der Waals surface area contributed by atoms with Crippen LogP contribution in [0.25, 0.3) is 11.0 Å². The van der Waals surface area contributed by atoms with Crippen molar-refractivity contribution in [2.45, 2.75) is 46.1 Å². The number of hydrogen-bond donors (Lipinski definition) is 0. The number of para-hydroxylation sites is 4. The Morgan fingerprint density at radius 3 is 2.61 bits per heavy atom. The third kappa shape index (κ3) is 4.81. The van der Waals surface area contributed by atoms with Gasteiger partial charge in [-0.1, -0.05) is 42.0 Å². The lowest BCUT2D eigenvalue weighted by Gasteiger charge is -2.20. The molecule has 186 valence electrons. The van der Waals surface area contributed by atoms with Crippen molar-refractivity contribution in [3.05, 3.63) is 83.7 Å². The predicted octanol–water partition coefficient (Wildman–Crippen LogP) is 6.04. The number of aromatic nitrogens is 2. The molecule has 1 aliphatic heterocycles. The van der Waals surface area contributed by atoms with Crippen LogP contribution in [0.5, 0.6) is 11.5 Å². The number of amides is 1. The number of imidazole rings is 1. The van der Waals surface area contributed by atoms with E-state index in [1.165, 1.54) is 5.56 Å². The highest BCUT2D eigenvalue weighted by Gasteiger charge is 2.35. The van der Waals surface area contributed by atoms with Gasteiger partial charge < -0.3 is 18.9 Å². The van der Waals surface area contributed by atoms with Crippen molar-refractivity contribution >= 4 is 22.6 Å². The smallest absolute Gasteiger partial charge is 0.227 e. The topological polar surface area (TPSA) is 56.6 Å². The van der Waals surface area contributed by atoms with Crippen LogP contribution in [0.15, 0.2) is 66.7 Å². The van der Waals surface area contributed by atoms with Gasteiger partial charge in [0.1, 0.15) is 17.3 Å². The standard InChI is InChI=1S/C30H33N3O3/c1-4-35-28-13-8-7-12-26(28)33-20-23(19-29(33)34)30-31-24-10-5-6-11-25(24)32(30)16-9-17-36-27-15-14-21(2)18-22(27)3/h5-8,10-15,18,23H,4,9,16-17,19-20H2,1-3H3. The Bertz CT molecular complexity index is 1380. The second kappa shape index (κ2) is 10.4. The fourth-order valence-corrected chi connectivity index (χ4v) is 5.08. The summed E-state index contributed by atoms with van der Waals surface area (Å²) in [5.74, 6) is 2.75. The largest absolute Gasteiger partial charge is 0.493 e. The van der Waals surface area contributed by atoms with Crippen molar-refractivity contribution in [3.8, 4) is 11.5 Å². The molecule has 1 saturated heterocycles. The molecule has 3 aromatic carbocycles. The summed E-state index contributed by atoms with van der Waals surface area (Å²) in [5.41, 5.74) is 5.28. The quantitative estimate of drug-likeness (QED) is 0.272. The molecule has 36 heavy (non-hydrogen) atoms. The number of nitrogens with zero attached hydrogens (tertiary/aromatic N) is 3. The van der Waals surface area contributed by atoms with Crippen LogP contribution in [-0.4, -0.2) is 35.2 Å². The molecular formula is C30H33N3O3. The third-order valence-electron chi connectivity index (χ3n) is 6.74. The Morgan fingerprint density at radius 2 is 1.78 bits per heavy atom. The molecule has 1 unspecified atom stereocenters. The molecule has 2 heterocycles. The Hall–Kier alpha value is -3.80. The number of carbonyl (C=O) groups is 1. The van der Waals surface area contributed by atoms with Gasteiger partial charge in [-0.05, 0) is 63.1 Å². The molecule has 0 radical (unpaired) electrons. The van der Waals surface area contributed by atoms with Gasteiger partial charge in [-0.25, -0.2) is 4.98 Å². The lowest BCUT2D eigenvalue weighted by Crippen LogP contribution is -2.25. The van der Waals surface area contributed by atoms with E-state index in [1.807, 2.05) is 60.4 Å². The zero-order valence-corrected chi connectivity index (χ0v) is 21.2. The molecule has 6 nitrogen and oxygen atoms in total. The summed E-state index contributed by atoms with van der Waals surface area (Å²) >= 11 is 0. The second-order valence-electron chi connectivity index (χ2n) is 9.39. The van der Waals surface area contributed by atoms with E-state index in [9.17, 15) is 4.79 Å². The highest BCUT2D eigenvalue weighted by molar-refractivity contribution is 5.97. The normalized spacial score (nSPS) is 15.6. The molecule has 1 fully saturated rings. The van der Waals surface area contributed by atoms with Gasteiger partial charge in [-0.2, -0.15) is 0 Å². The number of anilines is 1. The third-order valence-corrected chi connectivity index (χ3v) is 6.74. The summed E-state index contributed by atoms with van der Waals surface area (Å²) in [6.45, 7) is 8.67. The average molecular weight is 484 g/mol. The molecule has 0 spiro atoms. The molecule has 1 amide bonds. The predicted molar refractivity (Wildman–Crippen MR) is 143 cm³/mol. The lowest BCUT2D eigenvalue weighted by atomic mass is 10.1. The number of ether oxygens (including phenoxy) is 2. The summed E-state index contributed by atoms with van der Waals surface area (Å²) in [6, 6.07) is 22.2. The van der Waals surface area contributed by atoms with E-state index in [0.29, 0.717) is 26.2 Å². The Kier molecular flexibility index (Phi) is 6.94. The molecule has 5 rings (SSSR count). The maximum Gasteiger partial charge on any atom is 0.227 e. The Balaban J connectivity index is 1.35. The fraction of sp³-hybridized carbons (Fsp3) is 0.333. The maximum atomic E-state index is 13.1. The minimum atomic E-state index is 0.0137. The first-order valence-corrected chi connectivity index (χ1v) is 12.7. The Labute approximate surface area is 212 Å². The van der Waals surface area contributed by atoms with E-state index >= 15 is 0 Å². The summed E-state index contributed by atoms with van der Waals surface area (Å²) in [6.07, 6.45) is 1.28. The molecule has 4 aromatic rings. The number of rotatable bonds is 9. The molecule has 1 aliphatic rings. The van der Waals surface area contributed by atoms with Crippen molar-refractivity contribution in [1.29, 1.82) is 0 Å². The maximum absolute atomic E-state index is 13.1. The van der Waals surface area contributed by atoms with Crippen molar-refractivity contribution < 1.29 is 14.3 Å². The van der Waals surface area contributed by atoms with E-state index in [4.69, 9.17) is 14.5 Å². The molecule has 0 aliphatic carbocycles. The molecule has 0 bridgehead atoms. The first-order chi connectivity index (χ1) is 17.5. The zero-order valence-electron chi connectivity index (χ0n) is 21.2. The Morgan fingerprint density at radius 1 is 0.972 bits per heavy atom. The highest BCUT2D eigenvalue weighted by atomic mass is 16.5. The first kappa shape index (κ1) is 23.9. The van der Waals surface area contributed by atoms with Crippen LogP contribution in [0.3, 0.4) is 0 Å². The minimum absolute atomic E-state index is 0.0137. The minimum Gasteiger partial charge on any atom is -0.493 e. The molecule has 0 N–H and O–H groups in total. The molecular weight excluding hydrogens is 450 g/mol. The van der Waals surface area contributed by atoms with Gasteiger partial charge in [-0.15, -0.1) is 0 Å². The summed E-state index contributed by atoms with van der Waals surface area (Å²) in [4.78, 5) is 20.0. The number of fused-ring (bicyclic) bond motifs is 1. The van der Waals surface area contributed by atoms with E-state index in [0.717, 1.165) is 52.6 Å². The van der Waals surface area contributed by atoms with E-state index in [2.05, 4.69) is 36.6 Å². The van der Waals surface area contributed by atoms with Crippen LogP contribution in [-0.2, 0) is 11.3 Å². The lowest BCUT2D eigenvalue weighted by molar-refractivity contribution is -0.117. The number of carbonyl (C=O) groups excluding carboxylic acids is 1. The van der Waals surface area contributed by atoms with Gasteiger partial charge in [-0.3, -0.25) is 4.79 Å². The number of hydrogen-bond acceptors (Lipinski definition) is 4. The van der Waals surface area contributed by atoms with Crippen molar-refractivity contribution in [1.82, 2.24) is 9.55 Å². The van der Waals surface area contributed by atoms with Crippen LogP contribution in [0.4, 0.5) is 5.69 Å². The second-order valence-corrected chi connectivity index (χ2v) is 9.39. The first-order valence-electron chi connectivity index (χ1n) is 12.7. The monoisotopic (exact) mass is 483 g/mol. The highest BCUT2D eigenvalue weighted by Crippen LogP contribution is 2.37. The van der Waals surface area contributed by atoms with Gasteiger partial charge in [0.15, 0.2) is 0 Å². The van der Waals surface area contributed by atoms with Crippen molar-refractivity contribution in [2.24, 2.45) is 0 Å². The van der Waals surface area contributed by atoms with Gasteiger partial charge >= 0.3 is 0 Å². The summed E-state index contributed by atoms with van der Waals surface area (Å²) < 4.78 is 14.2. The van der Waals surface area contributed by atoms with Crippen LogP contribution in [0.2, 0.25) is 0 Å². The molecule has 6 heteroatoms. The van der Waals surface area contributed by atoms with Crippen LogP contribution < -0.4 is 14.4 Å². The van der Waals surface area contributed by atoms with Gasteiger partial charge in [0, 0.05) is 25.4 Å². The fourth-order valence-electron chi connectivity index (χ4n) is 5.08. The summed E-state index contributed by atoms with van der Waals surface area (Å²) in [7, 11) is 0. The van der Waals surface area contributed by atoms with E-state index < -0.39 is 0 Å². The van der Waals surface area contributed by atoms with E-state index in [-0.39, 0.29) is 11.8 Å². The number of aryl methyl sites for hydroxylation is 3. The SMILES string of the molecule is CCOc1ccccc1N1CC(c2nc3ccccc3n2CCCOc2ccc(C)cc2C)CC1=O. The van der Waals surface area contributed by atoms with Crippen LogP contribution >= 0.6 is 0 Å². The summed E-state index contributed by atoms with van der Waals surface area (Å²) in [5, 5.41) is 0. The van der Waals surface area contributed by atoms with Gasteiger partial charge in [0.2, 0.25) is 5.91 Å². The van der Waals surface area contributed by atoms with Crippen LogP contribution in [0.1, 0.15) is 42.6 Å². The van der Waals surface area contributed by atoms with Crippen molar-refractivity contribution in [2.75, 3.05) is 24.7 Å².